The molecule has 21 heavy (non-hydrogen) atoms. The molecule has 3 rings (SSSR count). The summed E-state index contributed by atoms with van der Waals surface area (Å²) in [5.74, 6) is 0.177. The lowest BCUT2D eigenvalue weighted by Gasteiger charge is -2.23. The number of amides is 1. The first-order chi connectivity index (χ1) is 10.3. The highest BCUT2D eigenvalue weighted by Crippen LogP contribution is 2.22. The van der Waals surface area contributed by atoms with Gasteiger partial charge in [0.05, 0.1) is 0 Å². The molecule has 0 bridgehead atoms. The summed E-state index contributed by atoms with van der Waals surface area (Å²) in [5.41, 5.74) is 7.56. The van der Waals surface area contributed by atoms with Crippen LogP contribution in [0.4, 0.5) is 0 Å². The van der Waals surface area contributed by atoms with Crippen LogP contribution >= 0.6 is 0 Å². The highest BCUT2D eigenvalue weighted by molar-refractivity contribution is 5.94. The first kappa shape index (κ1) is 14.5. The van der Waals surface area contributed by atoms with E-state index in [4.69, 9.17) is 5.73 Å². The summed E-state index contributed by atoms with van der Waals surface area (Å²) in [5, 5.41) is 0. The van der Waals surface area contributed by atoms with Crippen molar-refractivity contribution in [2.75, 3.05) is 32.7 Å². The van der Waals surface area contributed by atoms with Gasteiger partial charge in [0, 0.05) is 24.7 Å². The van der Waals surface area contributed by atoms with E-state index in [0.29, 0.717) is 12.6 Å². The van der Waals surface area contributed by atoms with Gasteiger partial charge in [0.1, 0.15) is 0 Å². The molecule has 0 aromatic heterocycles. The molecule has 1 aromatic rings. The molecule has 1 amide bonds. The van der Waals surface area contributed by atoms with Crippen LogP contribution in [0.1, 0.15) is 35.2 Å². The van der Waals surface area contributed by atoms with Gasteiger partial charge in [-0.1, -0.05) is 12.1 Å². The molecule has 2 fully saturated rings. The second kappa shape index (κ2) is 6.58. The number of likely N-dealkylation sites (tertiary alicyclic amines) is 2. The summed E-state index contributed by atoms with van der Waals surface area (Å²) in [4.78, 5) is 17.1. The minimum Gasteiger partial charge on any atom is -0.337 e. The molecule has 4 heteroatoms. The Morgan fingerprint density at radius 2 is 1.86 bits per heavy atom. The Balaban J connectivity index is 1.60. The van der Waals surface area contributed by atoms with Crippen LogP contribution in [0, 0.1) is 0 Å². The number of benzene rings is 1. The molecule has 2 aliphatic rings. The Kier molecular flexibility index (Phi) is 4.56. The normalized spacial score (nSPS) is 22.9. The molecule has 2 saturated heterocycles. The van der Waals surface area contributed by atoms with E-state index in [-0.39, 0.29) is 5.91 Å². The largest absolute Gasteiger partial charge is 0.337 e. The number of nitrogens with zero attached hydrogens (tertiary/aromatic N) is 2. The molecule has 0 saturated carbocycles. The fourth-order valence-electron chi connectivity index (χ4n) is 3.49. The molecular weight excluding hydrogens is 262 g/mol. The fourth-order valence-corrected chi connectivity index (χ4v) is 3.49. The summed E-state index contributed by atoms with van der Waals surface area (Å²) < 4.78 is 0. The van der Waals surface area contributed by atoms with Gasteiger partial charge in [-0.15, -0.1) is 0 Å². The molecule has 4 nitrogen and oxygen atoms in total. The van der Waals surface area contributed by atoms with Crippen LogP contribution in [-0.2, 0) is 6.42 Å². The van der Waals surface area contributed by atoms with Gasteiger partial charge in [0.25, 0.3) is 5.91 Å². The van der Waals surface area contributed by atoms with Crippen molar-refractivity contribution in [2.24, 2.45) is 5.73 Å². The third-order valence-corrected chi connectivity index (χ3v) is 4.74. The summed E-state index contributed by atoms with van der Waals surface area (Å²) >= 11 is 0. The zero-order valence-corrected chi connectivity index (χ0v) is 12.6. The summed E-state index contributed by atoms with van der Waals surface area (Å²) in [7, 11) is 0. The van der Waals surface area contributed by atoms with Crippen LogP contribution in [0.3, 0.4) is 0 Å². The zero-order valence-electron chi connectivity index (χ0n) is 12.6. The maximum atomic E-state index is 12.6. The smallest absolute Gasteiger partial charge is 0.253 e. The maximum Gasteiger partial charge on any atom is 0.253 e. The number of hydrogen-bond donors (Lipinski definition) is 1. The maximum absolute atomic E-state index is 12.6. The SMILES string of the molecule is NCCc1ccc(C(=O)N2CCC(N3CCCC3)C2)cc1. The van der Waals surface area contributed by atoms with E-state index in [1.54, 1.807) is 0 Å². The van der Waals surface area contributed by atoms with Gasteiger partial charge in [-0.25, -0.2) is 0 Å². The summed E-state index contributed by atoms with van der Waals surface area (Å²) in [6.07, 6.45) is 4.62. The topological polar surface area (TPSA) is 49.6 Å². The van der Waals surface area contributed by atoms with Crippen molar-refractivity contribution in [3.05, 3.63) is 35.4 Å². The number of rotatable bonds is 4. The van der Waals surface area contributed by atoms with E-state index in [9.17, 15) is 4.79 Å². The Hall–Kier alpha value is -1.39. The molecule has 114 valence electrons. The standard InChI is InChI=1S/C17H25N3O/c18-9-7-14-3-5-15(6-4-14)17(21)20-12-8-16(13-20)19-10-1-2-11-19/h3-6,16H,1-2,7-13,18H2. The molecule has 1 atom stereocenters. The second-order valence-corrected chi connectivity index (χ2v) is 6.17. The highest BCUT2D eigenvalue weighted by Gasteiger charge is 2.31. The quantitative estimate of drug-likeness (QED) is 0.913. The predicted octanol–water partition coefficient (Wildman–Crippen LogP) is 1.50. The molecule has 0 radical (unpaired) electrons. The summed E-state index contributed by atoms with van der Waals surface area (Å²) in [6.45, 7) is 4.85. The van der Waals surface area contributed by atoms with Crippen LogP contribution in [0.25, 0.3) is 0 Å². The first-order valence-electron chi connectivity index (χ1n) is 8.10. The number of nitrogens with two attached hydrogens (primary N) is 1. The number of carbonyl (C=O) groups excluding carboxylic acids is 1. The third kappa shape index (κ3) is 3.27. The van der Waals surface area contributed by atoms with Gasteiger partial charge in [0.2, 0.25) is 0 Å². The first-order valence-corrected chi connectivity index (χ1v) is 8.10. The van der Waals surface area contributed by atoms with E-state index in [1.165, 1.54) is 31.5 Å². The Morgan fingerprint density at radius 1 is 1.14 bits per heavy atom. The molecular formula is C17H25N3O. The van der Waals surface area contributed by atoms with Crippen molar-refractivity contribution in [3.8, 4) is 0 Å². The van der Waals surface area contributed by atoms with Crippen molar-refractivity contribution >= 4 is 5.91 Å². The van der Waals surface area contributed by atoms with Gasteiger partial charge in [-0.2, -0.15) is 0 Å². The van der Waals surface area contributed by atoms with E-state index in [1.807, 2.05) is 29.2 Å². The molecule has 0 spiro atoms. The fraction of sp³-hybridized carbons (Fsp3) is 0.588. The lowest BCUT2D eigenvalue weighted by atomic mass is 10.1. The minimum absolute atomic E-state index is 0.177. The van der Waals surface area contributed by atoms with Crippen LogP contribution in [0.5, 0.6) is 0 Å². The van der Waals surface area contributed by atoms with Crippen LogP contribution in [-0.4, -0.2) is 54.5 Å². The van der Waals surface area contributed by atoms with Crippen LogP contribution in [0.2, 0.25) is 0 Å². The monoisotopic (exact) mass is 287 g/mol. The molecule has 2 aliphatic heterocycles. The van der Waals surface area contributed by atoms with Gasteiger partial charge in [-0.05, 0) is 63.0 Å². The van der Waals surface area contributed by atoms with Gasteiger partial charge >= 0.3 is 0 Å². The molecule has 1 unspecified atom stereocenters. The van der Waals surface area contributed by atoms with Crippen LogP contribution in [0.15, 0.2) is 24.3 Å². The Bertz CT molecular complexity index is 479. The molecule has 1 aromatic carbocycles. The Labute approximate surface area is 126 Å². The average molecular weight is 287 g/mol. The zero-order chi connectivity index (χ0) is 14.7. The predicted molar refractivity (Wildman–Crippen MR) is 84.3 cm³/mol. The van der Waals surface area contributed by atoms with E-state index >= 15 is 0 Å². The van der Waals surface area contributed by atoms with Gasteiger partial charge in [-0.3, -0.25) is 9.69 Å². The van der Waals surface area contributed by atoms with Crippen molar-refractivity contribution in [1.82, 2.24) is 9.80 Å². The lowest BCUT2D eigenvalue weighted by molar-refractivity contribution is 0.0780. The van der Waals surface area contributed by atoms with Crippen molar-refractivity contribution in [3.63, 3.8) is 0 Å². The van der Waals surface area contributed by atoms with Crippen molar-refractivity contribution in [1.29, 1.82) is 0 Å². The van der Waals surface area contributed by atoms with E-state index in [2.05, 4.69) is 4.90 Å². The molecule has 0 aliphatic carbocycles. The third-order valence-electron chi connectivity index (χ3n) is 4.74. The second-order valence-electron chi connectivity index (χ2n) is 6.17. The summed E-state index contributed by atoms with van der Waals surface area (Å²) in [6, 6.07) is 8.50. The van der Waals surface area contributed by atoms with Crippen LogP contribution < -0.4 is 5.73 Å². The van der Waals surface area contributed by atoms with Crippen molar-refractivity contribution < 1.29 is 4.79 Å². The Morgan fingerprint density at radius 3 is 2.52 bits per heavy atom. The number of carbonyl (C=O) groups is 1. The van der Waals surface area contributed by atoms with Gasteiger partial charge < -0.3 is 10.6 Å². The lowest BCUT2D eigenvalue weighted by Crippen LogP contribution is -2.37. The van der Waals surface area contributed by atoms with Gasteiger partial charge in [0.15, 0.2) is 0 Å². The van der Waals surface area contributed by atoms with Crippen molar-refractivity contribution in [2.45, 2.75) is 31.7 Å². The molecule has 2 N–H and O–H groups in total. The van der Waals surface area contributed by atoms with E-state index < -0.39 is 0 Å². The molecule has 2 heterocycles. The average Bonchev–Trinajstić information content (AvgIpc) is 3.19. The number of hydrogen-bond acceptors (Lipinski definition) is 3. The van der Waals surface area contributed by atoms with E-state index in [0.717, 1.165) is 31.5 Å². The minimum atomic E-state index is 0.177. The highest BCUT2D eigenvalue weighted by atomic mass is 16.2.